The number of benzene rings is 1. The fourth-order valence-corrected chi connectivity index (χ4v) is 3.17. The van der Waals surface area contributed by atoms with Crippen molar-refractivity contribution in [3.05, 3.63) is 28.7 Å². The average Bonchev–Trinajstić information content (AvgIpc) is 2.28. The fourth-order valence-electron chi connectivity index (χ4n) is 1.58. The molecular weight excluding hydrogens is 308 g/mol. The first-order valence-electron chi connectivity index (χ1n) is 6.25. The van der Waals surface area contributed by atoms with E-state index in [4.69, 9.17) is 5.84 Å². The lowest BCUT2D eigenvalue weighted by atomic mass is 9.89. The summed E-state index contributed by atoms with van der Waals surface area (Å²) in [6, 6.07) is 8.75. The highest BCUT2D eigenvalue weighted by Crippen LogP contribution is 2.26. The van der Waals surface area contributed by atoms with Crippen LogP contribution in [0.15, 0.2) is 33.6 Å². The zero-order valence-corrected chi connectivity index (χ0v) is 13.8. The SMILES string of the molecule is CC(C)(C)CCC(CSc1cccc(Br)c1)NN. The predicted molar refractivity (Wildman–Crippen MR) is 84.7 cm³/mol. The van der Waals surface area contributed by atoms with Crippen molar-refractivity contribution in [3.63, 3.8) is 0 Å². The summed E-state index contributed by atoms with van der Waals surface area (Å²) >= 11 is 5.33. The van der Waals surface area contributed by atoms with E-state index in [0.29, 0.717) is 11.5 Å². The smallest absolute Gasteiger partial charge is 0.0304 e. The van der Waals surface area contributed by atoms with Crippen LogP contribution in [0.5, 0.6) is 0 Å². The number of nitrogens with two attached hydrogens (primary N) is 1. The van der Waals surface area contributed by atoms with Gasteiger partial charge in [-0.25, -0.2) is 0 Å². The molecule has 0 amide bonds. The number of hydrogen-bond donors (Lipinski definition) is 2. The molecule has 1 rings (SSSR count). The highest BCUT2D eigenvalue weighted by Gasteiger charge is 2.14. The number of halogens is 1. The third-order valence-electron chi connectivity index (χ3n) is 2.73. The summed E-state index contributed by atoms with van der Waals surface area (Å²) < 4.78 is 1.12. The molecule has 3 N–H and O–H groups in total. The van der Waals surface area contributed by atoms with Gasteiger partial charge >= 0.3 is 0 Å². The quantitative estimate of drug-likeness (QED) is 0.466. The Morgan fingerprint density at radius 3 is 2.67 bits per heavy atom. The molecule has 0 aromatic heterocycles. The standard InChI is InChI=1S/C14H23BrN2S/c1-14(2,3)8-7-12(17-16)10-18-13-6-4-5-11(15)9-13/h4-6,9,12,17H,7-8,10,16H2,1-3H3. The largest absolute Gasteiger partial charge is 0.271 e. The van der Waals surface area contributed by atoms with Crippen molar-refractivity contribution >= 4 is 27.7 Å². The maximum absolute atomic E-state index is 5.62. The fraction of sp³-hybridized carbons (Fsp3) is 0.571. The molecule has 4 heteroatoms. The Labute approximate surface area is 123 Å². The van der Waals surface area contributed by atoms with Crippen LogP contribution in [0.2, 0.25) is 0 Å². The second-order valence-electron chi connectivity index (χ2n) is 5.73. The summed E-state index contributed by atoms with van der Waals surface area (Å²) in [7, 11) is 0. The summed E-state index contributed by atoms with van der Waals surface area (Å²) in [5, 5.41) is 0. The highest BCUT2D eigenvalue weighted by molar-refractivity contribution is 9.10. The second-order valence-corrected chi connectivity index (χ2v) is 7.74. The summed E-state index contributed by atoms with van der Waals surface area (Å²) in [4.78, 5) is 1.28. The third-order valence-corrected chi connectivity index (χ3v) is 4.38. The first-order valence-corrected chi connectivity index (χ1v) is 8.03. The second kappa shape index (κ2) is 7.53. The minimum atomic E-state index is 0.369. The Kier molecular flexibility index (Phi) is 6.71. The van der Waals surface area contributed by atoms with Crippen molar-refractivity contribution in [1.82, 2.24) is 5.43 Å². The van der Waals surface area contributed by atoms with Crippen LogP contribution in [0.25, 0.3) is 0 Å². The molecule has 102 valence electrons. The van der Waals surface area contributed by atoms with Gasteiger partial charge in [-0.3, -0.25) is 11.3 Å². The first-order chi connectivity index (χ1) is 8.40. The lowest BCUT2D eigenvalue weighted by Gasteiger charge is -2.22. The van der Waals surface area contributed by atoms with Crippen LogP contribution in [0.3, 0.4) is 0 Å². The monoisotopic (exact) mass is 330 g/mol. The Bertz CT molecular complexity index is 363. The number of hydrogen-bond acceptors (Lipinski definition) is 3. The minimum Gasteiger partial charge on any atom is -0.271 e. The maximum Gasteiger partial charge on any atom is 0.0304 e. The topological polar surface area (TPSA) is 38.0 Å². The highest BCUT2D eigenvalue weighted by atomic mass is 79.9. The molecule has 0 fully saturated rings. The van der Waals surface area contributed by atoms with Crippen LogP contribution in [0.4, 0.5) is 0 Å². The predicted octanol–water partition coefficient (Wildman–Crippen LogP) is 4.20. The van der Waals surface area contributed by atoms with Gasteiger partial charge in [0.25, 0.3) is 0 Å². The molecular formula is C14H23BrN2S. The van der Waals surface area contributed by atoms with E-state index in [-0.39, 0.29) is 0 Å². The van der Waals surface area contributed by atoms with Gasteiger partial charge in [0.1, 0.15) is 0 Å². The van der Waals surface area contributed by atoms with Crippen LogP contribution in [-0.2, 0) is 0 Å². The zero-order valence-electron chi connectivity index (χ0n) is 11.4. The van der Waals surface area contributed by atoms with E-state index in [2.05, 4.69) is 60.3 Å². The molecule has 0 aliphatic carbocycles. The average molecular weight is 331 g/mol. The van der Waals surface area contributed by atoms with Gasteiger partial charge in [0.05, 0.1) is 0 Å². The molecule has 0 saturated carbocycles. The molecule has 2 nitrogen and oxygen atoms in total. The van der Waals surface area contributed by atoms with Gasteiger partial charge in [0.2, 0.25) is 0 Å². The Hall–Kier alpha value is -0.0300. The van der Waals surface area contributed by atoms with Crippen molar-refractivity contribution in [3.8, 4) is 0 Å². The Balaban J connectivity index is 2.40. The molecule has 1 unspecified atom stereocenters. The van der Waals surface area contributed by atoms with E-state index in [1.807, 2.05) is 17.8 Å². The van der Waals surface area contributed by atoms with E-state index in [0.717, 1.165) is 16.6 Å². The van der Waals surface area contributed by atoms with Gasteiger partial charge in [0, 0.05) is 21.2 Å². The molecule has 0 saturated heterocycles. The molecule has 0 aliphatic rings. The lowest BCUT2D eigenvalue weighted by molar-refractivity contribution is 0.339. The number of hydrazine groups is 1. The molecule has 1 aromatic carbocycles. The van der Waals surface area contributed by atoms with E-state index in [1.54, 1.807) is 0 Å². The minimum absolute atomic E-state index is 0.369. The van der Waals surface area contributed by atoms with Crippen LogP contribution >= 0.6 is 27.7 Å². The number of nitrogens with one attached hydrogen (secondary N) is 1. The van der Waals surface area contributed by atoms with Crippen molar-refractivity contribution in [2.45, 2.75) is 44.6 Å². The first kappa shape index (κ1) is 16.0. The van der Waals surface area contributed by atoms with Gasteiger partial charge in [-0.1, -0.05) is 42.8 Å². The van der Waals surface area contributed by atoms with E-state index in [1.165, 1.54) is 11.3 Å². The normalized spacial score (nSPS) is 13.6. The van der Waals surface area contributed by atoms with Gasteiger partial charge in [-0.05, 0) is 36.5 Å². The van der Waals surface area contributed by atoms with Gasteiger partial charge in [0.15, 0.2) is 0 Å². The van der Waals surface area contributed by atoms with E-state index in [9.17, 15) is 0 Å². The van der Waals surface area contributed by atoms with Crippen LogP contribution in [-0.4, -0.2) is 11.8 Å². The van der Waals surface area contributed by atoms with Crippen molar-refractivity contribution < 1.29 is 0 Å². The third kappa shape index (κ3) is 6.78. The number of thioether (sulfide) groups is 1. The van der Waals surface area contributed by atoms with E-state index >= 15 is 0 Å². The molecule has 0 spiro atoms. The molecule has 0 bridgehead atoms. The van der Waals surface area contributed by atoms with Crippen LogP contribution in [0.1, 0.15) is 33.6 Å². The molecule has 18 heavy (non-hydrogen) atoms. The molecule has 0 heterocycles. The van der Waals surface area contributed by atoms with Crippen molar-refractivity contribution in [1.29, 1.82) is 0 Å². The summed E-state index contributed by atoms with van der Waals surface area (Å²) in [5.41, 5.74) is 3.30. The lowest BCUT2D eigenvalue weighted by Crippen LogP contribution is -2.37. The van der Waals surface area contributed by atoms with Crippen molar-refractivity contribution in [2.24, 2.45) is 11.3 Å². The van der Waals surface area contributed by atoms with Crippen molar-refractivity contribution in [2.75, 3.05) is 5.75 Å². The van der Waals surface area contributed by atoms with Crippen LogP contribution < -0.4 is 11.3 Å². The maximum atomic E-state index is 5.62. The molecule has 0 aliphatic heterocycles. The Morgan fingerprint density at radius 2 is 2.11 bits per heavy atom. The molecule has 1 atom stereocenters. The van der Waals surface area contributed by atoms with E-state index < -0.39 is 0 Å². The van der Waals surface area contributed by atoms with Crippen LogP contribution in [0, 0.1) is 5.41 Å². The zero-order chi connectivity index (χ0) is 13.6. The Morgan fingerprint density at radius 1 is 1.39 bits per heavy atom. The van der Waals surface area contributed by atoms with Gasteiger partial charge in [-0.2, -0.15) is 0 Å². The summed E-state index contributed by atoms with van der Waals surface area (Å²) in [5.74, 6) is 6.63. The number of rotatable bonds is 6. The molecule has 0 radical (unpaired) electrons. The molecule has 1 aromatic rings. The van der Waals surface area contributed by atoms with Gasteiger partial charge in [-0.15, -0.1) is 11.8 Å². The summed E-state index contributed by atoms with van der Waals surface area (Å²) in [6.45, 7) is 6.80. The summed E-state index contributed by atoms with van der Waals surface area (Å²) in [6.07, 6.45) is 2.29. The van der Waals surface area contributed by atoms with Gasteiger partial charge < -0.3 is 0 Å².